The van der Waals surface area contributed by atoms with Crippen molar-refractivity contribution in [2.75, 3.05) is 13.6 Å². The average Bonchev–Trinajstić information content (AvgIpc) is 2.80. The van der Waals surface area contributed by atoms with Crippen molar-refractivity contribution in [3.05, 3.63) is 88.9 Å². The van der Waals surface area contributed by atoms with E-state index in [1.54, 1.807) is 24.3 Å². The van der Waals surface area contributed by atoms with E-state index in [0.29, 0.717) is 35.5 Å². The molecule has 0 unspecified atom stereocenters. The van der Waals surface area contributed by atoms with Crippen LogP contribution in [0, 0.1) is 17.5 Å². The van der Waals surface area contributed by atoms with Gasteiger partial charge in [0.15, 0.2) is 0 Å². The first-order chi connectivity index (χ1) is 13.0. The molecule has 0 bridgehead atoms. The molecule has 2 heterocycles. The van der Waals surface area contributed by atoms with Crippen molar-refractivity contribution in [3.63, 3.8) is 0 Å². The Hall–Kier alpha value is -2.99. The zero-order chi connectivity index (χ0) is 19.0. The Labute approximate surface area is 154 Å². The summed E-state index contributed by atoms with van der Waals surface area (Å²) < 4.78 is 43.7. The van der Waals surface area contributed by atoms with Gasteiger partial charge >= 0.3 is 0 Å². The fraction of sp³-hybridized carbons (Fsp3) is 0.143. The molecule has 0 aliphatic carbocycles. The molecule has 0 saturated carbocycles. The molecule has 3 nitrogen and oxygen atoms in total. The van der Waals surface area contributed by atoms with Gasteiger partial charge < -0.3 is 0 Å². The third-order valence-electron chi connectivity index (χ3n) is 4.61. The van der Waals surface area contributed by atoms with Crippen LogP contribution in [0.15, 0.2) is 54.7 Å². The molecule has 0 N–H and O–H groups in total. The van der Waals surface area contributed by atoms with Crippen LogP contribution < -0.4 is 0 Å². The topological polar surface area (TPSA) is 29.0 Å². The van der Waals surface area contributed by atoms with Gasteiger partial charge in [0.05, 0.1) is 11.3 Å². The van der Waals surface area contributed by atoms with Gasteiger partial charge in [-0.05, 0) is 60.1 Å². The third-order valence-corrected chi connectivity index (χ3v) is 4.61. The highest BCUT2D eigenvalue weighted by atomic mass is 19.1. The van der Waals surface area contributed by atoms with E-state index >= 15 is 0 Å². The quantitative estimate of drug-likeness (QED) is 0.671. The molecule has 1 aliphatic heterocycles. The standard InChI is InChI=1S/C21H16F3N3/c1-27-9-7-14(21-17(22)4-2-5-18(21)23)15-11-19(24)16(10-13(15)12-27)20-6-3-8-25-26-20/h2-8,10-11H,9,12H2,1H3. The van der Waals surface area contributed by atoms with E-state index in [9.17, 15) is 13.2 Å². The lowest BCUT2D eigenvalue weighted by Crippen LogP contribution is -2.16. The van der Waals surface area contributed by atoms with Crippen LogP contribution in [0.4, 0.5) is 13.2 Å². The summed E-state index contributed by atoms with van der Waals surface area (Å²) in [6.45, 7) is 0.999. The van der Waals surface area contributed by atoms with Gasteiger partial charge in [0.1, 0.15) is 17.5 Å². The molecule has 3 aromatic rings. The molecule has 0 saturated heterocycles. The van der Waals surface area contributed by atoms with E-state index < -0.39 is 17.5 Å². The first-order valence-electron chi connectivity index (χ1n) is 8.48. The van der Waals surface area contributed by atoms with Gasteiger partial charge in [-0.15, -0.1) is 0 Å². The smallest absolute Gasteiger partial charge is 0.133 e. The number of aromatic nitrogens is 2. The number of benzene rings is 2. The second kappa shape index (κ2) is 6.96. The third kappa shape index (κ3) is 3.24. The van der Waals surface area contributed by atoms with Crippen LogP contribution in [0.3, 0.4) is 0 Å². The van der Waals surface area contributed by atoms with Gasteiger partial charge in [0, 0.05) is 24.8 Å². The van der Waals surface area contributed by atoms with Gasteiger partial charge in [-0.1, -0.05) is 12.1 Å². The van der Waals surface area contributed by atoms with Crippen molar-refractivity contribution in [1.29, 1.82) is 0 Å². The molecule has 0 fully saturated rings. The number of hydrogen-bond donors (Lipinski definition) is 0. The molecule has 1 aromatic heterocycles. The van der Waals surface area contributed by atoms with E-state index in [4.69, 9.17) is 0 Å². The van der Waals surface area contributed by atoms with Gasteiger partial charge in [-0.2, -0.15) is 10.2 Å². The SMILES string of the molecule is CN1CC=C(c2c(F)cccc2F)c2cc(F)c(-c3cccnn3)cc2C1. The first-order valence-corrected chi connectivity index (χ1v) is 8.48. The van der Waals surface area contributed by atoms with Gasteiger partial charge in [-0.3, -0.25) is 4.90 Å². The largest absolute Gasteiger partial charge is 0.298 e. The van der Waals surface area contributed by atoms with Crippen molar-refractivity contribution in [2.24, 2.45) is 0 Å². The molecule has 27 heavy (non-hydrogen) atoms. The van der Waals surface area contributed by atoms with E-state index in [-0.39, 0.29) is 5.56 Å². The van der Waals surface area contributed by atoms with E-state index in [2.05, 4.69) is 10.2 Å². The normalized spacial score (nSPS) is 14.4. The fourth-order valence-corrected chi connectivity index (χ4v) is 3.35. The molecule has 0 radical (unpaired) electrons. The Bertz CT molecular complexity index is 1010. The number of fused-ring (bicyclic) bond motifs is 1. The number of nitrogens with zero attached hydrogens (tertiary/aromatic N) is 3. The summed E-state index contributed by atoms with van der Waals surface area (Å²) in [7, 11) is 1.90. The lowest BCUT2D eigenvalue weighted by molar-refractivity contribution is 0.365. The zero-order valence-corrected chi connectivity index (χ0v) is 14.6. The minimum Gasteiger partial charge on any atom is -0.298 e. The maximum absolute atomic E-state index is 14.9. The Morgan fingerprint density at radius 3 is 2.41 bits per heavy atom. The Morgan fingerprint density at radius 1 is 0.926 bits per heavy atom. The average molecular weight is 367 g/mol. The predicted molar refractivity (Wildman–Crippen MR) is 97.2 cm³/mol. The molecule has 2 aromatic carbocycles. The van der Waals surface area contributed by atoms with Crippen LogP contribution >= 0.6 is 0 Å². The predicted octanol–water partition coefficient (Wildman–Crippen LogP) is 4.44. The number of halogens is 3. The van der Waals surface area contributed by atoms with Gasteiger partial charge in [-0.25, -0.2) is 13.2 Å². The minimum absolute atomic E-state index is 0.138. The molecule has 6 heteroatoms. The van der Waals surface area contributed by atoms with Crippen molar-refractivity contribution in [2.45, 2.75) is 6.54 Å². The van der Waals surface area contributed by atoms with Gasteiger partial charge in [0.25, 0.3) is 0 Å². The zero-order valence-electron chi connectivity index (χ0n) is 14.6. The number of rotatable bonds is 2. The van der Waals surface area contributed by atoms with Crippen molar-refractivity contribution in [3.8, 4) is 11.3 Å². The maximum Gasteiger partial charge on any atom is 0.133 e. The highest BCUT2D eigenvalue weighted by Gasteiger charge is 2.23. The molecular formula is C21H16F3N3. The van der Waals surface area contributed by atoms with Crippen molar-refractivity contribution >= 4 is 5.57 Å². The first kappa shape index (κ1) is 17.4. The molecule has 1 aliphatic rings. The van der Waals surface area contributed by atoms with E-state index in [1.165, 1.54) is 30.5 Å². The summed E-state index contributed by atoms with van der Waals surface area (Å²) in [6.07, 6.45) is 3.25. The van der Waals surface area contributed by atoms with Crippen molar-refractivity contribution < 1.29 is 13.2 Å². The fourth-order valence-electron chi connectivity index (χ4n) is 3.35. The lowest BCUT2D eigenvalue weighted by atomic mass is 9.91. The molecule has 136 valence electrons. The number of hydrogen-bond acceptors (Lipinski definition) is 3. The van der Waals surface area contributed by atoms with Gasteiger partial charge in [0.2, 0.25) is 0 Å². The van der Waals surface area contributed by atoms with Crippen molar-refractivity contribution in [1.82, 2.24) is 15.1 Å². The summed E-state index contributed by atoms with van der Waals surface area (Å²) in [5, 5.41) is 7.76. The Balaban J connectivity index is 1.93. The summed E-state index contributed by atoms with van der Waals surface area (Å²) in [6, 6.07) is 10.1. The second-order valence-electron chi connectivity index (χ2n) is 6.51. The molecule has 0 atom stereocenters. The molecule has 4 rings (SSSR count). The lowest BCUT2D eigenvalue weighted by Gasteiger charge is -2.16. The summed E-state index contributed by atoms with van der Waals surface area (Å²) >= 11 is 0. The summed E-state index contributed by atoms with van der Waals surface area (Å²) in [4.78, 5) is 1.99. The van der Waals surface area contributed by atoms with E-state index in [0.717, 1.165) is 5.56 Å². The van der Waals surface area contributed by atoms with Crippen LogP contribution in [0.1, 0.15) is 16.7 Å². The maximum atomic E-state index is 14.9. The number of likely N-dealkylation sites (N-methyl/N-ethyl adjacent to an activating group) is 1. The Morgan fingerprint density at radius 2 is 1.70 bits per heavy atom. The molecule has 0 amide bonds. The van der Waals surface area contributed by atoms with Crippen LogP contribution in [-0.4, -0.2) is 28.7 Å². The second-order valence-corrected chi connectivity index (χ2v) is 6.51. The summed E-state index contributed by atoms with van der Waals surface area (Å²) in [5.74, 6) is -1.85. The molecular weight excluding hydrogens is 351 g/mol. The van der Waals surface area contributed by atoms with Crippen LogP contribution in [-0.2, 0) is 6.54 Å². The minimum atomic E-state index is -0.671. The highest BCUT2D eigenvalue weighted by molar-refractivity contribution is 5.84. The van der Waals surface area contributed by atoms with Crippen LogP contribution in [0.2, 0.25) is 0 Å². The monoisotopic (exact) mass is 367 g/mol. The highest BCUT2D eigenvalue weighted by Crippen LogP contribution is 2.35. The van der Waals surface area contributed by atoms with E-state index in [1.807, 2.05) is 11.9 Å². The Kier molecular flexibility index (Phi) is 4.49. The van der Waals surface area contributed by atoms with Crippen LogP contribution in [0.25, 0.3) is 16.8 Å². The summed E-state index contributed by atoms with van der Waals surface area (Å²) in [5.41, 5.74) is 2.19. The molecule has 0 spiro atoms. The van der Waals surface area contributed by atoms with Crippen LogP contribution in [0.5, 0.6) is 0 Å².